The second-order valence-corrected chi connectivity index (χ2v) is 47.9. The Morgan fingerprint density at radius 2 is 0.486 bits per heavy atom. The Morgan fingerprint density at radius 3 is 0.945 bits per heavy atom. The average molecular weight is 1940 g/mol. The number of fused-ring (bicyclic) bond motifs is 34. The van der Waals surface area contributed by atoms with Crippen LogP contribution in [0.2, 0.25) is 0 Å². The molecular weight excluding hydrogens is 1770 g/mol. The van der Waals surface area contributed by atoms with E-state index in [1.54, 1.807) is 44.5 Å². The van der Waals surface area contributed by atoms with Crippen LogP contribution in [-0.2, 0) is 32.5 Å². The van der Waals surface area contributed by atoms with Crippen LogP contribution >= 0.6 is 0 Å². The summed E-state index contributed by atoms with van der Waals surface area (Å²) >= 11 is 0. The first-order valence-electron chi connectivity index (χ1n) is 60.3. The molecule has 764 valence electrons. The van der Waals surface area contributed by atoms with E-state index in [0.717, 1.165) is 72.0 Å². The molecule has 0 spiro atoms. The van der Waals surface area contributed by atoms with Crippen molar-refractivity contribution in [2.75, 3.05) is 4.90 Å². The van der Waals surface area contributed by atoms with Gasteiger partial charge in [0.05, 0.1) is 0 Å². The molecule has 0 amide bonds. The summed E-state index contributed by atoms with van der Waals surface area (Å²) < 4.78 is 22.5. The molecule has 0 bridgehead atoms. The van der Waals surface area contributed by atoms with Gasteiger partial charge >= 0.3 is 0 Å². The highest BCUT2D eigenvalue weighted by atomic mass is 16.3. The highest BCUT2D eigenvalue weighted by molar-refractivity contribution is 6.23. The standard InChI is InChI=1S/C142H173NO3/c1-13-21-29-37-45-59-85-139(86-60-46-38-30-22-14-2)113-83-84-122-124(106-69-51-56-74-119(106)144-122)123(113)110-97-117-109(96-118(110)139)101-80-77-99(94-115(101)140(117,87-61-47-39-31-23-15-3)88-62-48-40-32-24-16-4)143(98-78-81-104-114(93-98)138(11,12)131-125(104)127-107-70-52-57-75-120(107)145-135(127)129-102-67-49-54-72-111(102)137(9,10)132(129)131)100-79-82-105-116(95-100)142(91-65-43-35-27-19-7,92-66-44-36-28-20-8)134-130(105)136-128(108-71-53-58-76-121(108)146-136)126-103-68-50-55-73-112(103)141(133(126)134,89-63-41-33-25-17-5)90-64-42-34-26-18-6/h49-58,67-84,93-97H,13-48,59-66,85-92H2,1-12H3. The molecule has 3 aromatic heterocycles. The normalized spacial score (nSPS) is 15.4. The first-order chi connectivity index (χ1) is 71.7. The fourth-order valence-corrected chi connectivity index (χ4v) is 30.7. The maximum absolute atomic E-state index is 7.96. The summed E-state index contributed by atoms with van der Waals surface area (Å²) in [5, 5.41) is 7.67. The van der Waals surface area contributed by atoms with Gasteiger partial charge in [-0.2, -0.15) is 0 Å². The summed E-state index contributed by atoms with van der Waals surface area (Å²) in [6, 6.07) is 82.2. The Bertz CT molecular complexity index is 7110. The molecule has 12 aromatic carbocycles. The van der Waals surface area contributed by atoms with E-state index in [-0.39, 0.29) is 27.1 Å². The lowest BCUT2D eigenvalue weighted by Gasteiger charge is -2.40. The molecule has 146 heavy (non-hydrogen) atoms. The minimum Gasteiger partial charge on any atom is -0.456 e. The molecule has 21 rings (SSSR count). The molecule has 0 N–H and O–H groups in total. The second-order valence-electron chi connectivity index (χ2n) is 47.9. The Kier molecular flexibility index (Phi) is 30.8. The predicted octanol–water partition coefficient (Wildman–Crippen LogP) is 45.0. The molecule has 6 aliphatic rings. The highest BCUT2D eigenvalue weighted by Gasteiger charge is 2.57. The van der Waals surface area contributed by atoms with Gasteiger partial charge in [0.15, 0.2) is 0 Å². The lowest BCUT2D eigenvalue weighted by Crippen LogP contribution is -2.33. The largest absolute Gasteiger partial charge is 0.456 e. The average Bonchev–Trinajstić information content (AvgIpc) is 1.49. The topological polar surface area (TPSA) is 42.7 Å². The molecule has 0 saturated heterocycles. The summed E-state index contributed by atoms with van der Waals surface area (Å²) in [6.07, 6.45) is 64.7. The molecule has 3 heterocycles. The fourth-order valence-electron chi connectivity index (χ4n) is 30.7. The number of rotatable bonds is 55. The third-order valence-electron chi connectivity index (χ3n) is 37.9. The van der Waals surface area contributed by atoms with Crippen molar-refractivity contribution in [2.24, 2.45) is 0 Å². The van der Waals surface area contributed by atoms with Gasteiger partial charge in [0, 0.05) is 93.0 Å². The minimum atomic E-state index is -0.434. The van der Waals surface area contributed by atoms with Crippen LogP contribution in [0.3, 0.4) is 0 Å². The quantitative estimate of drug-likeness (QED) is 0.0356. The number of unbranched alkanes of at least 4 members (excludes halogenated alkanes) is 36. The third-order valence-corrected chi connectivity index (χ3v) is 37.9. The van der Waals surface area contributed by atoms with Crippen molar-refractivity contribution >= 4 is 82.9 Å². The van der Waals surface area contributed by atoms with Crippen molar-refractivity contribution in [1.29, 1.82) is 0 Å². The number of hydrogen-bond acceptors (Lipinski definition) is 4. The zero-order valence-electron chi connectivity index (χ0n) is 92.0. The number of nitrogens with zero attached hydrogens (tertiary/aromatic N) is 1. The van der Waals surface area contributed by atoms with Gasteiger partial charge in [-0.25, -0.2) is 0 Å². The summed E-state index contributed by atoms with van der Waals surface area (Å²) in [5.41, 5.74) is 43.7. The molecule has 0 aliphatic heterocycles. The van der Waals surface area contributed by atoms with Gasteiger partial charge in [-0.05, 0) is 247 Å². The Balaban J connectivity index is 0.844. The molecule has 0 atom stereocenters. The van der Waals surface area contributed by atoms with E-state index in [1.807, 2.05) is 0 Å². The van der Waals surface area contributed by atoms with Crippen molar-refractivity contribution in [2.45, 2.75) is 449 Å². The third kappa shape index (κ3) is 17.7. The molecule has 6 aliphatic carbocycles. The van der Waals surface area contributed by atoms with E-state index in [4.69, 9.17) is 13.3 Å². The van der Waals surface area contributed by atoms with E-state index in [9.17, 15) is 0 Å². The fraction of sp³-hybridized carbons (Fsp3) is 0.493. The Morgan fingerprint density at radius 1 is 0.192 bits per heavy atom. The molecule has 4 nitrogen and oxygen atoms in total. The van der Waals surface area contributed by atoms with E-state index < -0.39 is 5.41 Å². The predicted molar refractivity (Wildman–Crippen MR) is 628 cm³/mol. The molecule has 0 saturated carbocycles. The van der Waals surface area contributed by atoms with Crippen LogP contribution in [0.25, 0.3) is 133 Å². The van der Waals surface area contributed by atoms with Crippen molar-refractivity contribution in [3.05, 3.63) is 267 Å². The summed E-state index contributed by atoms with van der Waals surface area (Å²) in [6.45, 7) is 29.4. The van der Waals surface area contributed by atoms with Gasteiger partial charge in [0.2, 0.25) is 0 Å². The van der Waals surface area contributed by atoms with Gasteiger partial charge in [0.25, 0.3) is 0 Å². The maximum Gasteiger partial charge on any atom is 0.144 e. The number of para-hydroxylation sites is 3. The van der Waals surface area contributed by atoms with Crippen LogP contribution in [0, 0.1) is 0 Å². The van der Waals surface area contributed by atoms with Gasteiger partial charge in [0.1, 0.15) is 33.5 Å². The molecule has 0 unspecified atom stereocenters. The van der Waals surface area contributed by atoms with Crippen LogP contribution in [-0.4, -0.2) is 0 Å². The van der Waals surface area contributed by atoms with E-state index in [2.05, 4.69) is 288 Å². The smallest absolute Gasteiger partial charge is 0.144 e. The number of benzene rings is 12. The van der Waals surface area contributed by atoms with Gasteiger partial charge in [-0.1, -0.05) is 493 Å². The molecule has 0 fully saturated rings. The molecule has 0 radical (unpaired) electrons. The van der Waals surface area contributed by atoms with Gasteiger partial charge < -0.3 is 18.2 Å². The number of furan rings is 3. The lowest BCUT2D eigenvalue weighted by atomic mass is 9.62. The first kappa shape index (κ1) is 102. The van der Waals surface area contributed by atoms with Crippen molar-refractivity contribution < 1.29 is 13.3 Å². The summed E-state index contributed by atoms with van der Waals surface area (Å²) in [5.74, 6) is 0. The van der Waals surface area contributed by atoms with E-state index in [1.165, 1.54) is 434 Å². The van der Waals surface area contributed by atoms with Gasteiger partial charge in [-0.3, -0.25) is 0 Å². The lowest BCUT2D eigenvalue weighted by molar-refractivity contribution is 0.369. The number of anilines is 3. The van der Waals surface area contributed by atoms with Crippen molar-refractivity contribution in [1.82, 2.24) is 0 Å². The zero-order valence-corrected chi connectivity index (χ0v) is 92.0. The highest BCUT2D eigenvalue weighted by Crippen LogP contribution is 2.71. The SMILES string of the molecule is CCCCCCCCC1(CCCCCCCC)c2cc(N(c3ccc4c(c3)C(C)(C)c3c5c(c6oc7ccccc7c6c3-4)-c3ccccc3C5(C)C)c3ccc4c(c3)C(CCCCCCC)(CCCCCCC)c3c5c(c6c(oc7ccccc76)c3-4)-c3ccccc3C5(CCCCCCC)CCCCCCC)ccc2-c2cc3c(cc21)-c1c(ccc2oc4ccccc4c12)C3(CCCCCCCC)CCCCCCCC. The monoisotopic (exact) mass is 1940 g/mol. The van der Waals surface area contributed by atoms with E-state index >= 15 is 0 Å². The maximum atomic E-state index is 7.96. The molecule has 4 heteroatoms. The first-order valence-corrected chi connectivity index (χ1v) is 60.3. The number of hydrogen-bond donors (Lipinski definition) is 0. The van der Waals surface area contributed by atoms with Crippen LogP contribution < -0.4 is 4.90 Å². The molecular formula is C142H173NO3. The van der Waals surface area contributed by atoms with Crippen LogP contribution in [0.15, 0.2) is 213 Å². The Hall–Kier alpha value is -10.2. The summed E-state index contributed by atoms with van der Waals surface area (Å²) in [7, 11) is 0. The second kappa shape index (κ2) is 44.2. The van der Waals surface area contributed by atoms with Crippen molar-refractivity contribution in [3.63, 3.8) is 0 Å². The van der Waals surface area contributed by atoms with Crippen LogP contribution in [0.1, 0.15) is 484 Å². The van der Waals surface area contributed by atoms with Crippen LogP contribution in [0.4, 0.5) is 17.1 Å². The minimum absolute atomic E-state index is 0.155. The van der Waals surface area contributed by atoms with Crippen molar-refractivity contribution in [3.8, 4) is 66.8 Å². The van der Waals surface area contributed by atoms with Crippen LogP contribution in [0.5, 0.6) is 0 Å². The zero-order chi connectivity index (χ0) is 100. The molecule has 15 aromatic rings. The summed E-state index contributed by atoms with van der Waals surface area (Å²) in [4.78, 5) is 2.88. The van der Waals surface area contributed by atoms with E-state index in [0.29, 0.717) is 0 Å². The van der Waals surface area contributed by atoms with Gasteiger partial charge in [-0.15, -0.1) is 0 Å². The Labute approximate surface area is 878 Å².